The average Bonchev–Trinajstić information content (AvgIpc) is 2.43. The second kappa shape index (κ2) is 7.24. The Morgan fingerprint density at radius 1 is 1.10 bits per heavy atom. The third-order valence-corrected chi connectivity index (χ3v) is 5.35. The summed E-state index contributed by atoms with van der Waals surface area (Å²) in [5.41, 5.74) is 0. The second-order valence-corrected chi connectivity index (χ2v) is 7.59. The molecule has 3 nitrogen and oxygen atoms in total. The van der Waals surface area contributed by atoms with Crippen molar-refractivity contribution < 1.29 is 0 Å². The molecule has 0 radical (unpaired) electrons. The first-order valence-electron chi connectivity index (χ1n) is 8.63. The fourth-order valence-corrected chi connectivity index (χ4v) is 3.94. The van der Waals surface area contributed by atoms with E-state index in [0.717, 1.165) is 18.0 Å². The Morgan fingerprint density at radius 3 is 2.50 bits per heavy atom. The van der Waals surface area contributed by atoms with Gasteiger partial charge >= 0.3 is 0 Å². The van der Waals surface area contributed by atoms with E-state index in [1.165, 1.54) is 51.9 Å². The van der Waals surface area contributed by atoms with Crippen LogP contribution in [0, 0.1) is 5.92 Å². The quantitative estimate of drug-likeness (QED) is 0.767. The largest absolute Gasteiger partial charge is 0.309 e. The second-order valence-electron chi connectivity index (χ2n) is 7.59. The minimum atomic E-state index is 0.717. The fourth-order valence-electron chi connectivity index (χ4n) is 3.94. The average molecular weight is 281 g/mol. The first-order valence-corrected chi connectivity index (χ1v) is 8.63. The molecular weight excluding hydrogens is 246 g/mol. The summed E-state index contributed by atoms with van der Waals surface area (Å²) >= 11 is 0. The van der Waals surface area contributed by atoms with E-state index in [1.54, 1.807) is 0 Å². The molecule has 2 saturated heterocycles. The van der Waals surface area contributed by atoms with Crippen molar-refractivity contribution in [1.82, 2.24) is 14.7 Å². The lowest BCUT2D eigenvalue weighted by molar-refractivity contribution is -0.0288. The Morgan fingerprint density at radius 2 is 1.85 bits per heavy atom. The Bertz CT molecular complexity index is 290. The van der Waals surface area contributed by atoms with Crippen molar-refractivity contribution in [3.8, 4) is 0 Å². The molecule has 2 aliphatic rings. The lowest BCUT2D eigenvalue weighted by atomic mass is 9.90. The molecule has 0 aliphatic carbocycles. The van der Waals surface area contributed by atoms with Crippen molar-refractivity contribution in [1.29, 1.82) is 0 Å². The predicted octanol–water partition coefficient (Wildman–Crippen LogP) is 2.52. The third kappa shape index (κ3) is 3.96. The van der Waals surface area contributed by atoms with Crippen LogP contribution in [0.15, 0.2) is 0 Å². The number of fused-ring (bicyclic) bond motifs is 1. The van der Waals surface area contributed by atoms with E-state index in [-0.39, 0.29) is 0 Å². The molecule has 3 unspecified atom stereocenters. The van der Waals surface area contributed by atoms with Gasteiger partial charge in [0.05, 0.1) is 0 Å². The van der Waals surface area contributed by atoms with Gasteiger partial charge in [0.15, 0.2) is 0 Å². The maximum Gasteiger partial charge on any atom is 0.0249 e. The summed E-state index contributed by atoms with van der Waals surface area (Å²) in [6.45, 7) is 12.4. The van der Waals surface area contributed by atoms with Gasteiger partial charge in [-0.1, -0.05) is 20.3 Å². The van der Waals surface area contributed by atoms with E-state index in [9.17, 15) is 0 Å². The smallest absolute Gasteiger partial charge is 0.0249 e. The van der Waals surface area contributed by atoms with Gasteiger partial charge in [-0.25, -0.2) is 0 Å². The minimum absolute atomic E-state index is 0.717. The van der Waals surface area contributed by atoms with Gasteiger partial charge in [0.25, 0.3) is 0 Å². The third-order valence-electron chi connectivity index (χ3n) is 5.35. The highest BCUT2D eigenvalue weighted by Crippen LogP contribution is 2.29. The molecule has 0 aromatic heterocycles. The fraction of sp³-hybridized carbons (Fsp3) is 1.00. The number of piperidine rings is 1. The summed E-state index contributed by atoms with van der Waals surface area (Å²) < 4.78 is 0. The van der Waals surface area contributed by atoms with E-state index in [0.29, 0.717) is 6.04 Å². The van der Waals surface area contributed by atoms with Crippen molar-refractivity contribution in [3.63, 3.8) is 0 Å². The monoisotopic (exact) mass is 281 g/mol. The van der Waals surface area contributed by atoms with Crippen LogP contribution >= 0.6 is 0 Å². The lowest BCUT2D eigenvalue weighted by Crippen LogP contribution is -2.63. The van der Waals surface area contributed by atoms with E-state index in [2.05, 4.69) is 49.6 Å². The zero-order chi connectivity index (χ0) is 14.7. The number of hydrogen-bond acceptors (Lipinski definition) is 3. The summed E-state index contributed by atoms with van der Waals surface area (Å²) in [7, 11) is 4.37. The number of piperazine rings is 1. The lowest BCUT2D eigenvalue weighted by Gasteiger charge is -2.52. The van der Waals surface area contributed by atoms with E-state index in [1.807, 2.05) is 0 Å². The number of hydrogen-bond donors (Lipinski definition) is 0. The normalized spacial score (nSPS) is 30.8. The molecule has 0 amide bonds. The zero-order valence-corrected chi connectivity index (χ0v) is 14.3. The molecule has 0 aromatic rings. The van der Waals surface area contributed by atoms with Gasteiger partial charge in [0.1, 0.15) is 0 Å². The molecule has 2 rings (SSSR count). The van der Waals surface area contributed by atoms with Gasteiger partial charge in [-0.2, -0.15) is 0 Å². The SMILES string of the molecule is CC(C)C1CN2CCCCC2CN1C(C)CCN(C)C. The molecule has 2 heterocycles. The maximum atomic E-state index is 2.83. The van der Waals surface area contributed by atoms with Crippen molar-refractivity contribution in [3.05, 3.63) is 0 Å². The molecule has 0 spiro atoms. The number of rotatable bonds is 5. The molecule has 20 heavy (non-hydrogen) atoms. The Balaban J connectivity index is 1.99. The molecule has 3 heteroatoms. The summed E-state index contributed by atoms with van der Waals surface area (Å²) in [6, 6.07) is 2.30. The van der Waals surface area contributed by atoms with E-state index in [4.69, 9.17) is 0 Å². The molecule has 0 N–H and O–H groups in total. The molecule has 118 valence electrons. The Hall–Kier alpha value is -0.120. The zero-order valence-electron chi connectivity index (χ0n) is 14.3. The van der Waals surface area contributed by atoms with Gasteiger partial charge in [0, 0.05) is 31.2 Å². The highest BCUT2D eigenvalue weighted by molar-refractivity contribution is 4.93. The first-order chi connectivity index (χ1) is 9.49. The molecular formula is C17H35N3. The molecule has 3 atom stereocenters. The van der Waals surface area contributed by atoms with Crippen molar-refractivity contribution in [2.75, 3.05) is 40.3 Å². The van der Waals surface area contributed by atoms with Gasteiger partial charge < -0.3 is 4.90 Å². The maximum absolute atomic E-state index is 2.83. The van der Waals surface area contributed by atoms with Crippen LogP contribution in [-0.2, 0) is 0 Å². The molecule has 0 bridgehead atoms. The summed E-state index contributed by atoms with van der Waals surface area (Å²) in [5, 5.41) is 0. The van der Waals surface area contributed by atoms with Gasteiger partial charge in [-0.3, -0.25) is 9.80 Å². The Kier molecular flexibility index (Phi) is 5.88. The summed E-state index contributed by atoms with van der Waals surface area (Å²) in [6.07, 6.45) is 5.57. The topological polar surface area (TPSA) is 9.72 Å². The minimum Gasteiger partial charge on any atom is -0.309 e. The predicted molar refractivity (Wildman–Crippen MR) is 87.2 cm³/mol. The highest BCUT2D eigenvalue weighted by atomic mass is 15.3. The van der Waals surface area contributed by atoms with Crippen LogP contribution in [0.25, 0.3) is 0 Å². The van der Waals surface area contributed by atoms with Crippen LogP contribution < -0.4 is 0 Å². The van der Waals surface area contributed by atoms with E-state index < -0.39 is 0 Å². The van der Waals surface area contributed by atoms with Crippen LogP contribution in [0.5, 0.6) is 0 Å². The van der Waals surface area contributed by atoms with Crippen molar-refractivity contribution in [2.24, 2.45) is 5.92 Å². The van der Waals surface area contributed by atoms with Gasteiger partial charge in [-0.05, 0) is 59.3 Å². The van der Waals surface area contributed by atoms with Crippen LogP contribution in [-0.4, -0.2) is 73.1 Å². The number of nitrogens with zero attached hydrogens (tertiary/aromatic N) is 3. The molecule has 0 aromatic carbocycles. The van der Waals surface area contributed by atoms with Gasteiger partial charge in [-0.15, -0.1) is 0 Å². The highest BCUT2D eigenvalue weighted by Gasteiger charge is 2.37. The van der Waals surface area contributed by atoms with Crippen LogP contribution in [0.2, 0.25) is 0 Å². The van der Waals surface area contributed by atoms with Crippen molar-refractivity contribution in [2.45, 2.75) is 64.6 Å². The summed E-state index contributed by atoms with van der Waals surface area (Å²) in [5.74, 6) is 0.764. The van der Waals surface area contributed by atoms with Gasteiger partial charge in [0.2, 0.25) is 0 Å². The Labute approximate surface area is 126 Å². The van der Waals surface area contributed by atoms with Crippen LogP contribution in [0.4, 0.5) is 0 Å². The molecule has 2 aliphatic heterocycles. The van der Waals surface area contributed by atoms with Crippen LogP contribution in [0.1, 0.15) is 46.5 Å². The molecule has 2 fully saturated rings. The first kappa shape index (κ1) is 16.3. The molecule has 0 saturated carbocycles. The van der Waals surface area contributed by atoms with E-state index >= 15 is 0 Å². The standard InChI is InChI=1S/C17H35N3/c1-14(2)17-13-19-10-7-6-8-16(19)12-20(17)15(3)9-11-18(4)5/h14-17H,6-13H2,1-5H3. The van der Waals surface area contributed by atoms with Crippen molar-refractivity contribution >= 4 is 0 Å². The van der Waals surface area contributed by atoms with Crippen LogP contribution in [0.3, 0.4) is 0 Å². The summed E-state index contributed by atoms with van der Waals surface area (Å²) in [4.78, 5) is 7.93.